The highest BCUT2D eigenvalue weighted by Crippen LogP contribution is 2.28. The summed E-state index contributed by atoms with van der Waals surface area (Å²) in [6, 6.07) is 31.3. The van der Waals surface area contributed by atoms with E-state index in [0.717, 1.165) is 21.0 Å². The number of carbonyl (C=O) groups excluding carboxylic acids is 1. The van der Waals surface area contributed by atoms with Gasteiger partial charge in [0.1, 0.15) is 12.6 Å². The fraction of sp³-hybridized carbons (Fsp3) is 0.194. The molecular formula is C36H34N2O6S2. The van der Waals surface area contributed by atoms with Gasteiger partial charge in [-0.2, -0.15) is 8.61 Å². The molecular weight excluding hydrogens is 621 g/mol. The molecule has 8 nitrogen and oxygen atoms in total. The number of ether oxygens (including phenoxy) is 1. The Balaban J connectivity index is 1.41. The van der Waals surface area contributed by atoms with Crippen LogP contribution in [-0.4, -0.2) is 63.7 Å². The molecule has 0 N–H and O–H groups in total. The average Bonchev–Trinajstić information content (AvgIpc) is 3.44. The molecule has 1 fully saturated rings. The van der Waals surface area contributed by atoms with Gasteiger partial charge in [0.05, 0.1) is 22.9 Å². The number of rotatable bonds is 9. The predicted molar refractivity (Wildman–Crippen MR) is 177 cm³/mol. The Hall–Kier alpha value is -4.53. The van der Waals surface area contributed by atoms with Crippen molar-refractivity contribution in [2.24, 2.45) is 0 Å². The molecule has 5 rings (SSSR count). The van der Waals surface area contributed by atoms with Crippen molar-refractivity contribution >= 4 is 32.1 Å². The second-order valence-electron chi connectivity index (χ2n) is 11.0. The number of benzene rings is 4. The van der Waals surface area contributed by atoms with E-state index in [1.807, 2.05) is 62.4 Å². The van der Waals surface area contributed by atoms with Crippen LogP contribution in [0.5, 0.6) is 0 Å². The first-order chi connectivity index (χ1) is 22.0. The molecule has 46 heavy (non-hydrogen) atoms. The van der Waals surface area contributed by atoms with Crippen LogP contribution in [0.2, 0.25) is 0 Å². The Morgan fingerprint density at radius 3 is 2.00 bits per heavy atom. The molecule has 0 aliphatic carbocycles. The van der Waals surface area contributed by atoms with E-state index < -0.39 is 38.7 Å². The lowest BCUT2D eigenvalue weighted by Crippen LogP contribution is -2.38. The summed E-state index contributed by atoms with van der Waals surface area (Å²) in [6.07, 6.45) is 0.877. The summed E-state index contributed by atoms with van der Waals surface area (Å²) in [7, 11) is -8.02. The number of carbonyl (C=O) groups is 1. The van der Waals surface area contributed by atoms with E-state index in [2.05, 4.69) is 11.8 Å². The first-order valence-electron chi connectivity index (χ1n) is 14.6. The van der Waals surface area contributed by atoms with Crippen molar-refractivity contribution in [3.05, 3.63) is 137 Å². The third kappa shape index (κ3) is 8.00. The molecule has 0 amide bonds. The van der Waals surface area contributed by atoms with E-state index in [4.69, 9.17) is 4.74 Å². The molecule has 4 aromatic carbocycles. The summed E-state index contributed by atoms with van der Waals surface area (Å²) in [5, 5.41) is 0. The van der Waals surface area contributed by atoms with E-state index in [0.29, 0.717) is 11.1 Å². The van der Waals surface area contributed by atoms with Crippen LogP contribution < -0.4 is 0 Å². The van der Waals surface area contributed by atoms with Crippen molar-refractivity contribution in [1.82, 2.24) is 8.61 Å². The van der Waals surface area contributed by atoms with E-state index in [1.165, 1.54) is 16.4 Å². The number of sulfonamides is 2. The minimum absolute atomic E-state index is 0.0109. The standard InChI is InChI=1S/C36H34N2O6S2/c1-28-15-19-33(20-16-28)45(40,41)37(23-9-14-30-10-5-3-6-11-30)27-36(39)44-35-26-38(25-32(35)24-31-12-7-4-8-13-31)46(42,43)34-21-17-29(2)18-22-34/h3-8,10-13,15-22,24,35H,23,25-27H2,1-2H3/b32-24-. The van der Waals surface area contributed by atoms with Crippen LogP contribution in [0, 0.1) is 25.7 Å². The van der Waals surface area contributed by atoms with E-state index in [1.54, 1.807) is 54.6 Å². The Kier molecular flexibility index (Phi) is 10.2. The highest BCUT2D eigenvalue weighted by molar-refractivity contribution is 7.89. The lowest BCUT2D eigenvalue weighted by Gasteiger charge is -2.21. The van der Waals surface area contributed by atoms with E-state index in [9.17, 15) is 21.6 Å². The summed E-state index contributed by atoms with van der Waals surface area (Å²) < 4.78 is 62.6. The Morgan fingerprint density at radius 2 is 1.39 bits per heavy atom. The molecule has 0 bridgehead atoms. The summed E-state index contributed by atoms with van der Waals surface area (Å²) in [5.41, 5.74) is 3.91. The van der Waals surface area contributed by atoms with Gasteiger partial charge in [0.15, 0.2) is 0 Å². The zero-order chi connectivity index (χ0) is 32.7. The minimum Gasteiger partial charge on any atom is -0.455 e. The van der Waals surface area contributed by atoms with Crippen LogP contribution in [-0.2, 0) is 29.6 Å². The van der Waals surface area contributed by atoms with Gasteiger partial charge in [0, 0.05) is 12.1 Å². The van der Waals surface area contributed by atoms with Gasteiger partial charge in [-0.15, -0.1) is 0 Å². The van der Waals surface area contributed by atoms with Gasteiger partial charge in [-0.1, -0.05) is 102 Å². The zero-order valence-electron chi connectivity index (χ0n) is 25.5. The molecule has 1 unspecified atom stereocenters. The van der Waals surface area contributed by atoms with Crippen molar-refractivity contribution in [2.75, 3.05) is 26.2 Å². The second kappa shape index (κ2) is 14.3. The van der Waals surface area contributed by atoms with Crippen molar-refractivity contribution in [2.45, 2.75) is 29.7 Å². The number of esters is 1. The fourth-order valence-corrected chi connectivity index (χ4v) is 7.62. The molecule has 1 saturated heterocycles. The van der Waals surface area contributed by atoms with Crippen molar-refractivity contribution in [1.29, 1.82) is 0 Å². The van der Waals surface area contributed by atoms with Crippen molar-refractivity contribution < 1.29 is 26.4 Å². The third-order valence-corrected chi connectivity index (χ3v) is 11.1. The molecule has 4 aromatic rings. The maximum absolute atomic E-state index is 13.7. The van der Waals surface area contributed by atoms with Gasteiger partial charge in [-0.25, -0.2) is 16.8 Å². The number of hydrogen-bond donors (Lipinski definition) is 0. The summed E-state index contributed by atoms with van der Waals surface area (Å²) in [4.78, 5) is 13.6. The van der Waals surface area contributed by atoms with Gasteiger partial charge in [-0.05, 0) is 61.4 Å². The van der Waals surface area contributed by atoms with Gasteiger partial charge in [0.25, 0.3) is 0 Å². The second-order valence-corrected chi connectivity index (χ2v) is 14.8. The van der Waals surface area contributed by atoms with Crippen LogP contribution in [0.25, 0.3) is 6.08 Å². The van der Waals surface area contributed by atoms with Crippen LogP contribution in [0.15, 0.2) is 125 Å². The summed E-state index contributed by atoms with van der Waals surface area (Å²) in [5.74, 6) is 4.98. The zero-order valence-corrected chi connectivity index (χ0v) is 27.2. The van der Waals surface area contributed by atoms with Gasteiger partial charge in [0.2, 0.25) is 20.0 Å². The number of nitrogens with zero attached hydrogens (tertiary/aromatic N) is 2. The fourth-order valence-electron chi connectivity index (χ4n) is 4.91. The molecule has 236 valence electrons. The molecule has 10 heteroatoms. The molecule has 0 spiro atoms. The Morgan fingerprint density at radius 1 is 0.826 bits per heavy atom. The minimum atomic E-state index is -4.13. The van der Waals surface area contributed by atoms with Gasteiger partial charge >= 0.3 is 5.97 Å². The summed E-state index contributed by atoms with van der Waals surface area (Å²) in [6.45, 7) is 2.75. The molecule has 1 aliphatic rings. The molecule has 1 heterocycles. The topological polar surface area (TPSA) is 101 Å². The first kappa shape index (κ1) is 32.9. The van der Waals surface area contributed by atoms with Crippen molar-refractivity contribution in [3.8, 4) is 11.8 Å². The number of hydrogen-bond acceptors (Lipinski definition) is 6. The maximum atomic E-state index is 13.7. The monoisotopic (exact) mass is 654 g/mol. The van der Waals surface area contributed by atoms with Gasteiger partial charge in [-0.3, -0.25) is 4.79 Å². The van der Waals surface area contributed by atoms with Gasteiger partial charge < -0.3 is 4.74 Å². The lowest BCUT2D eigenvalue weighted by molar-refractivity contribution is -0.146. The van der Waals surface area contributed by atoms with Crippen LogP contribution in [0.4, 0.5) is 0 Å². The Labute approximate surface area is 271 Å². The first-order valence-corrected chi connectivity index (χ1v) is 17.5. The normalized spacial score (nSPS) is 16.2. The molecule has 0 aromatic heterocycles. The predicted octanol–water partition coefficient (Wildman–Crippen LogP) is 5.05. The largest absolute Gasteiger partial charge is 0.455 e. The lowest BCUT2D eigenvalue weighted by atomic mass is 10.1. The van der Waals surface area contributed by atoms with Crippen LogP contribution in [0.3, 0.4) is 0 Å². The van der Waals surface area contributed by atoms with E-state index in [-0.39, 0.29) is 29.4 Å². The highest BCUT2D eigenvalue weighted by Gasteiger charge is 2.38. The third-order valence-electron chi connectivity index (χ3n) is 7.45. The summed E-state index contributed by atoms with van der Waals surface area (Å²) >= 11 is 0. The Bertz CT molecular complexity index is 1980. The van der Waals surface area contributed by atoms with Crippen molar-refractivity contribution in [3.63, 3.8) is 0 Å². The smallest absolute Gasteiger partial charge is 0.321 e. The molecule has 0 saturated carbocycles. The maximum Gasteiger partial charge on any atom is 0.321 e. The SMILES string of the molecule is Cc1ccc(S(=O)(=O)N(CC#Cc2ccccc2)CC(=O)OC2CN(S(=O)(=O)c3ccc(C)cc3)C/C2=C/c2ccccc2)cc1. The van der Waals surface area contributed by atoms with Crippen LogP contribution >= 0.6 is 0 Å². The van der Waals surface area contributed by atoms with Crippen LogP contribution in [0.1, 0.15) is 22.3 Å². The molecule has 1 atom stereocenters. The molecule has 1 aliphatic heterocycles. The average molecular weight is 655 g/mol. The van der Waals surface area contributed by atoms with E-state index >= 15 is 0 Å². The quantitative estimate of drug-likeness (QED) is 0.185. The molecule has 0 radical (unpaired) electrons. The number of aryl methyl sites for hydroxylation is 2. The highest BCUT2D eigenvalue weighted by atomic mass is 32.2.